The summed E-state index contributed by atoms with van der Waals surface area (Å²) >= 11 is 0. The van der Waals surface area contributed by atoms with Gasteiger partial charge in [0, 0.05) is 24.1 Å². The first-order valence-electron chi connectivity index (χ1n) is 7.93. The highest BCUT2D eigenvalue weighted by Crippen LogP contribution is 2.31. The van der Waals surface area contributed by atoms with Crippen LogP contribution in [0, 0.1) is 0 Å². The van der Waals surface area contributed by atoms with E-state index in [1.165, 1.54) is 6.92 Å². The van der Waals surface area contributed by atoms with Gasteiger partial charge in [0.15, 0.2) is 0 Å². The molecule has 0 aliphatic rings. The Bertz CT molecular complexity index is 897. The fourth-order valence-electron chi connectivity index (χ4n) is 2.92. The van der Waals surface area contributed by atoms with Gasteiger partial charge in [-0.25, -0.2) is 4.79 Å². The smallest absolute Gasteiger partial charge is 0.328 e. The summed E-state index contributed by atoms with van der Waals surface area (Å²) in [6, 6.07) is 12.8. The van der Waals surface area contributed by atoms with Gasteiger partial charge in [0.2, 0.25) is 5.91 Å². The van der Waals surface area contributed by atoms with Crippen LogP contribution in [0.4, 0.5) is 0 Å². The number of hydrogen-bond donors (Lipinski definition) is 1. The summed E-state index contributed by atoms with van der Waals surface area (Å²) in [6.45, 7) is 3.40. The standard InChI is InChI=1S/C19H19NO4/c1-3-23-19(22)15(20-12(2)21)11-13-7-6-10-17-18(13)14-8-4-5-9-16(14)24-17/h4-10,15H,3,11H2,1-2H3,(H,20,21). The second-order valence-electron chi connectivity index (χ2n) is 5.60. The highest BCUT2D eigenvalue weighted by molar-refractivity contribution is 6.06. The summed E-state index contributed by atoms with van der Waals surface area (Å²) in [4.78, 5) is 23.6. The van der Waals surface area contributed by atoms with E-state index in [2.05, 4.69) is 5.32 Å². The van der Waals surface area contributed by atoms with Crippen molar-refractivity contribution in [3.63, 3.8) is 0 Å². The van der Waals surface area contributed by atoms with Crippen LogP contribution < -0.4 is 5.32 Å². The molecule has 3 rings (SSSR count). The van der Waals surface area contributed by atoms with Crippen molar-refractivity contribution < 1.29 is 18.7 Å². The number of ether oxygens (including phenoxy) is 1. The maximum atomic E-state index is 12.2. The van der Waals surface area contributed by atoms with Gasteiger partial charge >= 0.3 is 5.97 Å². The van der Waals surface area contributed by atoms with Crippen molar-refractivity contribution >= 4 is 33.8 Å². The first-order chi connectivity index (χ1) is 11.6. The fraction of sp³-hybridized carbons (Fsp3) is 0.263. The highest BCUT2D eigenvalue weighted by atomic mass is 16.5. The molecule has 1 aromatic heterocycles. The fourth-order valence-corrected chi connectivity index (χ4v) is 2.92. The molecule has 0 radical (unpaired) electrons. The molecule has 3 aromatic rings. The number of rotatable bonds is 5. The predicted octanol–water partition coefficient (Wildman–Crippen LogP) is 3.20. The number of carbonyl (C=O) groups is 2. The van der Waals surface area contributed by atoms with Crippen molar-refractivity contribution in [1.29, 1.82) is 0 Å². The molecule has 0 fully saturated rings. The monoisotopic (exact) mass is 325 g/mol. The number of hydrogen-bond acceptors (Lipinski definition) is 4. The van der Waals surface area contributed by atoms with Crippen molar-refractivity contribution in [3.8, 4) is 0 Å². The number of benzene rings is 2. The third-order valence-electron chi connectivity index (χ3n) is 3.86. The molecule has 1 atom stereocenters. The van der Waals surface area contributed by atoms with Gasteiger partial charge in [0.25, 0.3) is 0 Å². The molecular formula is C19H19NO4. The van der Waals surface area contributed by atoms with Crippen LogP contribution in [0.1, 0.15) is 19.4 Å². The van der Waals surface area contributed by atoms with Gasteiger partial charge in [0.1, 0.15) is 17.2 Å². The number of amides is 1. The lowest BCUT2D eigenvalue weighted by Gasteiger charge is -2.16. The molecule has 2 aromatic carbocycles. The normalized spacial score (nSPS) is 12.2. The average molecular weight is 325 g/mol. The maximum Gasteiger partial charge on any atom is 0.328 e. The van der Waals surface area contributed by atoms with Crippen molar-refractivity contribution in [2.45, 2.75) is 26.3 Å². The van der Waals surface area contributed by atoms with E-state index in [4.69, 9.17) is 9.15 Å². The molecule has 0 bridgehead atoms. The van der Waals surface area contributed by atoms with Gasteiger partial charge < -0.3 is 14.5 Å². The Labute approximate surface area is 139 Å². The Balaban J connectivity index is 2.03. The number of fused-ring (bicyclic) bond motifs is 3. The second kappa shape index (κ2) is 6.74. The van der Waals surface area contributed by atoms with Crippen LogP contribution in [0.2, 0.25) is 0 Å². The van der Waals surface area contributed by atoms with E-state index in [9.17, 15) is 9.59 Å². The quantitative estimate of drug-likeness (QED) is 0.732. The highest BCUT2D eigenvalue weighted by Gasteiger charge is 2.23. The molecule has 0 saturated carbocycles. The zero-order chi connectivity index (χ0) is 17.1. The summed E-state index contributed by atoms with van der Waals surface area (Å²) in [5.41, 5.74) is 2.50. The van der Waals surface area contributed by atoms with Crippen LogP contribution in [0.3, 0.4) is 0 Å². The molecule has 24 heavy (non-hydrogen) atoms. The molecule has 0 aliphatic carbocycles. The van der Waals surface area contributed by atoms with Crippen LogP contribution in [0.5, 0.6) is 0 Å². The van der Waals surface area contributed by atoms with Gasteiger partial charge in [-0.05, 0) is 24.6 Å². The summed E-state index contributed by atoms with van der Waals surface area (Å²) < 4.78 is 10.9. The minimum atomic E-state index is -0.721. The summed E-state index contributed by atoms with van der Waals surface area (Å²) in [5.74, 6) is -0.699. The van der Waals surface area contributed by atoms with Crippen LogP contribution in [-0.4, -0.2) is 24.5 Å². The molecule has 5 nitrogen and oxygen atoms in total. The molecule has 0 aliphatic heterocycles. The number of para-hydroxylation sites is 1. The molecule has 1 unspecified atom stereocenters. The minimum Gasteiger partial charge on any atom is -0.464 e. The number of nitrogens with one attached hydrogen (secondary N) is 1. The SMILES string of the molecule is CCOC(=O)C(Cc1cccc2oc3ccccc3c12)NC(C)=O. The first-order valence-corrected chi connectivity index (χ1v) is 7.93. The second-order valence-corrected chi connectivity index (χ2v) is 5.60. The molecule has 5 heteroatoms. The number of esters is 1. The summed E-state index contributed by atoms with van der Waals surface area (Å²) in [7, 11) is 0. The molecule has 1 heterocycles. The molecule has 0 saturated heterocycles. The van der Waals surface area contributed by atoms with E-state index in [1.807, 2.05) is 42.5 Å². The van der Waals surface area contributed by atoms with Crippen LogP contribution in [0.25, 0.3) is 21.9 Å². The maximum absolute atomic E-state index is 12.2. The Morgan fingerprint density at radius 3 is 2.62 bits per heavy atom. The van der Waals surface area contributed by atoms with E-state index in [-0.39, 0.29) is 12.5 Å². The summed E-state index contributed by atoms with van der Waals surface area (Å²) in [5, 5.41) is 4.63. The molecule has 1 amide bonds. The van der Waals surface area contributed by atoms with Gasteiger partial charge in [-0.3, -0.25) is 4.79 Å². The van der Waals surface area contributed by atoms with E-state index in [0.29, 0.717) is 6.42 Å². The van der Waals surface area contributed by atoms with E-state index in [1.54, 1.807) is 6.92 Å². The zero-order valence-corrected chi connectivity index (χ0v) is 13.7. The first kappa shape index (κ1) is 16.1. The van der Waals surface area contributed by atoms with Gasteiger partial charge in [-0.1, -0.05) is 30.3 Å². The predicted molar refractivity (Wildman–Crippen MR) is 91.7 cm³/mol. The zero-order valence-electron chi connectivity index (χ0n) is 13.7. The van der Waals surface area contributed by atoms with E-state index < -0.39 is 12.0 Å². The Kier molecular flexibility index (Phi) is 4.51. The molecule has 0 spiro atoms. The summed E-state index contributed by atoms with van der Waals surface area (Å²) in [6.07, 6.45) is 0.347. The lowest BCUT2D eigenvalue weighted by molar-refractivity contribution is -0.147. The van der Waals surface area contributed by atoms with E-state index >= 15 is 0 Å². The Morgan fingerprint density at radius 2 is 1.88 bits per heavy atom. The third kappa shape index (κ3) is 3.11. The van der Waals surface area contributed by atoms with Gasteiger partial charge in [0.05, 0.1) is 6.61 Å². The lowest BCUT2D eigenvalue weighted by atomic mass is 10.00. The number of carbonyl (C=O) groups excluding carboxylic acids is 2. The van der Waals surface area contributed by atoms with Gasteiger partial charge in [-0.2, -0.15) is 0 Å². The van der Waals surface area contributed by atoms with Crippen LogP contribution in [0.15, 0.2) is 46.9 Å². The van der Waals surface area contributed by atoms with Crippen molar-refractivity contribution in [3.05, 3.63) is 48.0 Å². The van der Waals surface area contributed by atoms with Crippen LogP contribution in [-0.2, 0) is 20.7 Å². The van der Waals surface area contributed by atoms with Crippen molar-refractivity contribution in [2.24, 2.45) is 0 Å². The third-order valence-corrected chi connectivity index (χ3v) is 3.86. The molecule has 124 valence electrons. The minimum absolute atomic E-state index is 0.266. The Morgan fingerprint density at radius 1 is 1.12 bits per heavy atom. The molecule has 1 N–H and O–H groups in total. The molecular weight excluding hydrogens is 306 g/mol. The van der Waals surface area contributed by atoms with Crippen molar-refractivity contribution in [2.75, 3.05) is 6.61 Å². The largest absolute Gasteiger partial charge is 0.464 e. The van der Waals surface area contributed by atoms with Crippen LogP contribution >= 0.6 is 0 Å². The van der Waals surface area contributed by atoms with Crippen molar-refractivity contribution in [1.82, 2.24) is 5.32 Å². The number of furan rings is 1. The topological polar surface area (TPSA) is 68.5 Å². The Hall–Kier alpha value is -2.82. The van der Waals surface area contributed by atoms with E-state index in [0.717, 1.165) is 27.5 Å². The van der Waals surface area contributed by atoms with Gasteiger partial charge in [-0.15, -0.1) is 0 Å². The lowest BCUT2D eigenvalue weighted by Crippen LogP contribution is -2.42. The average Bonchev–Trinajstić information content (AvgIpc) is 2.93.